The van der Waals surface area contributed by atoms with Gasteiger partial charge in [-0.05, 0) is 54.7 Å². The quantitative estimate of drug-likeness (QED) is 0.676. The molecule has 1 fully saturated rings. The fourth-order valence-corrected chi connectivity index (χ4v) is 3.11. The van der Waals surface area contributed by atoms with Gasteiger partial charge in [0.25, 0.3) is 0 Å². The van der Waals surface area contributed by atoms with Gasteiger partial charge in [-0.25, -0.2) is 4.98 Å². The summed E-state index contributed by atoms with van der Waals surface area (Å²) in [6, 6.07) is 15.4. The smallest absolute Gasteiger partial charge is 0.244 e. The first-order valence-electron chi connectivity index (χ1n) is 8.65. The maximum Gasteiger partial charge on any atom is 0.244 e. The van der Waals surface area contributed by atoms with Crippen molar-refractivity contribution in [1.82, 2.24) is 15.3 Å². The number of aromatic nitrogens is 2. The Balaban J connectivity index is 1.47. The number of nitrogens with zero attached hydrogens (tertiary/aromatic N) is 2. The summed E-state index contributed by atoms with van der Waals surface area (Å²) >= 11 is 5.96. The number of para-hydroxylation sites is 2. The van der Waals surface area contributed by atoms with Gasteiger partial charge in [-0.15, -0.1) is 0 Å². The normalized spacial score (nSPS) is 15.3. The molecule has 2 aromatic carbocycles. The van der Waals surface area contributed by atoms with E-state index >= 15 is 0 Å². The van der Waals surface area contributed by atoms with Crippen LogP contribution in [0, 0.1) is 5.92 Å². The molecule has 1 aromatic heterocycles. The second-order valence-electron chi connectivity index (χ2n) is 6.49. The van der Waals surface area contributed by atoms with Crippen LogP contribution in [0.25, 0.3) is 17.1 Å². The van der Waals surface area contributed by atoms with Gasteiger partial charge in [0, 0.05) is 11.1 Å². The van der Waals surface area contributed by atoms with Crippen molar-refractivity contribution >= 4 is 34.6 Å². The summed E-state index contributed by atoms with van der Waals surface area (Å²) in [5.41, 5.74) is 3.40. The first-order chi connectivity index (χ1) is 12.7. The lowest BCUT2D eigenvalue weighted by molar-refractivity contribution is -0.117. The fourth-order valence-electron chi connectivity index (χ4n) is 2.99. The molecule has 1 saturated carbocycles. The number of fused-ring (bicyclic) bond motifs is 1. The largest absolute Gasteiger partial charge is 0.345 e. The van der Waals surface area contributed by atoms with Crippen molar-refractivity contribution in [2.45, 2.75) is 18.9 Å². The Kier molecular flexibility index (Phi) is 4.67. The van der Waals surface area contributed by atoms with Crippen LogP contribution in [0.1, 0.15) is 30.1 Å². The first-order valence-corrected chi connectivity index (χ1v) is 9.03. The molecule has 0 bridgehead atoms. The summed E-state index contributed by atoms with van der Waals surface area (Å²) in [5, 5.41) is 3.80. The predicted molar refractivity (Wildman–Crippen MR) is 104 cm³/mol. The molecule has 0 aliphatic heterocycles. The van der Waals surface area contributed by atoms with E-state index in [2.05, 4.69) is 15.3 Å². The number of hydrogen-bond donors (Lipinski definition) is 1. The molecule has 1 amide bonds. The molecule has 1 unspecified atom stereocenters. The van der Waals surface area contributed by atoms with Gasteiger partial charge in [-0.3, -0.25) is 9.78 Å². The van der Waals surface area contributed by atoms with Gasteiger partial charge < -0.3 is 5.32 Å². The van der Waals surface area contributed by atoms with Crippen molar-refractivity contribution in [3.8, 4) is 0 Å². The van der Waals surface area contributed by atoms with Crippen LogP contribution in [0.2, 0.25) is 5.02 Å². The van der Waals surface area contributed by atoms with Crippen molar-refractivity contribution in [2.24, 2.45) is 5.92 Å². The van der Waals surface area contributed by atoms with E-state index in [1.807, 2.05) is 48.5 Å². The highest BCUT2D eigenvalue weighted by molar-refractivity contribution is 6.30. The number of carbonyl (C=O) groups excluding carboxylic acids is 1. The van der Waals surface area contributed by atoms with Crippen LogP contribution >= 0.6 is 11.6 Å². The highest BCUT2D eigenvalue weighted by Crippen LogP contribution is 2.41. The van der Waals surface area contributed by atoms with Crippen LogP contribution in [-0.4, -0.2) is 15.9 Å². The zero-order valence-corrected chi connectivity index (χ0v) is 14.9. The predicted octanol–water partition coefficient (Wildman–Crippen LogP) is 4.56. The number of amides is 1. The van der Waals surface area contributed by atoms with E-state index in [-0.39, 0.29) is 11.9 Å². The highest BCUT2D eigenvalue weighted by atomic mass is 35.5. The van der Waals surface area contributed by atoms with Gasteiger partial charge in [-0.2, -0.15) is 0 Å². The van der Waals surface area contributed by atoms with E-state index in [1.165, 1.54) is 6.08 Å². The molecule has 0 spiro atoms. The van der Waals surface area contributed by atoms with Gasteiger partial charge in [0.15, 0.2) is 0 Å². The lowest BCUT2D eigenvalue weighted by Crippen LogP contribution is -2.28. The maximum atomic E-state index is 12.4. The Labute approximate surface area is 156 Å². The molecule has 5 heteroatoms. The number of rotatable bonds is 5. The van der Waals surface area contributed by atoms with Crippen LogP contribution in [0.15, 0.2) is 60.8 Å². The van der Waals surface area contributed by atoms with Crippen molar-refractivity contribution < 1.29 is 4.79 Å². The number of nitrogens with one attached hydrogen (secondary N) is 1. The maximum absolute atomic E-state index is 12.4. The van der Waals surface area contributed by atoms with Crippen molar-refractivity contribution in [3.05, 3.63) is 77.1 Å². The molecular weight excluding hydrogens is 346 g/mol. The van der Waals surface area contributed by atoms with Crippen LogP contribution in [0.3, 0.4) is 0 Å². The lowest BCUT2D eigenvalue weighted by Gasteiger charge is -2.18. The van der Waals surface area contributed by atoms with Gasteiger partial charge in [-0.1, -0.05) is 35.9 Å². The van der Waals surface area contributed by atoms with Crippen molar-refractivity contribution in [3.63, 3.8) is 0 Å². The third kappa shape index (κ3) is 3.92. The number of carbonyl (C=O) groups is 1. The van der Waals surface area contributed by atoms with E-state index < -0.39 is 0 Å². The minimum Gasteiger partial charge on any atom is -0.345 e. The summed E-state index contributed by atoms with van der Waals surface area (Å²) in [5.74, 6) is 0.362. The fraction of sp³-hybridized carbons (Fsp3) is 0.190. The van der Waals surface area contributed by atoms with E-state index in [4.69, 9.17) is 11.6 Å². The molecule has 26 heavy (non-hydrogen) atoms. The second kappa shape index (κ2) is 7.26. The average Bonchev–Trinajstić information content (AvgIpc) is 3.50. The molecule has 1 heterocycles. The zero-order valence-electron chi connectivity index (χ0n) is 14.1. The summed E-state index contributed by atoms with van der Waals surface area (Å²) in [7, 11) is 0. The molecule has 0 radical (unpaired) electrons. The number of benzene rings is 2. The average molecular weight is 364 g/mol. The van der Waals surface area contributed by atoms with Crippen molar-refractivity contribution in [1.29, 1.82) is 0 Å². The van der Waals surface area contributed by atoms with Gasteiger partial charge in [0.2, 0.25) is 5.91 Å². The second-order valence-corrected chi connectivity index (χ2v) is 6.93. The van der Waals surface area contributed by atoms with E-state index in [1.54, 1.807) is 12.3 Å². The Bertz CT molecular complexity index is 964. The third-order valence-electron chi connectivity index (χ3n) is 4.49. The molecule has 4 nitrogen and oxygen atoms in total. The third-order valence-corrected chi connectivity index (χ3v) is 4.74. The standard InChI is InChI=1S/C21H18ClN3O/c22-16-9-7-15(8-10-16)21(14-5-6-14)25-20(26)12-11-17-13-23-18-3-1-2-4-19(18)24-17/h1-4,7-14,21H,5-6H2,(H,25,26)/b12-11+. The molecule has 0 saturated heterocycles. The van der Waals surface area contributed by atoms with E-state index in [9.17, 15) is 4.79 Å². The van der Waals surface area contributed by atoms with E-state index in [0.29, 0.717) is 16.6 Å². The SMILES string of the molecule is O=C(/C=C/c1cnc2ccccc2n1)NC(c1ccc(Cl)cc1)C1CC1. The van der Waals surface area contributed by atoms with E-state index in [0.717, 1.165) is 29.4 Å². The molecule has 1 aliphatic rings. The lowest BCUT2D eigenvalue weighted by atomic mass is 10.0. The molecule has 4 rings (SSSR count). The number of halogens is 1. The molecule has 130 valence electrons. The summed E-state index contributed by atoms with van der Waals surface area (Å²) in [4.78, 5) is 21.2. The van der Waals surface area contributed by atoms with Crippen LogP contribution < -0.4 is 5.32 Å². The molecule has 1 N–H and O–H groups in total. The molecular formula is C21H18ClN3O. The summed E-state index contributed by atoms with van der Waals surface area (Å²) in [6.07, 6.45) is 7.15. The summed E-state index contributed by atoms with van der Waals surface area (Å²) in [6.45, 7) is 0. The zero-order chi connectivity index (χ0) is 17.9. The van der Waals surface area contributed by atoms with Gasteiger partial charge >= 0.3 is 0 Å². The highest BCUT2D eigenvalue weighted by Gasteiger charge is 2.33. The number of hydrogen-bond acceptors (Lipinski definition) is 3. The molecule has 1 aliphatic carbocycles. The van der Waals surface area contributed by atoms with Crippen LogP contribution in [0.4, 0.5) is 0 Å². The molecule has 1 atom stereocenters. The Morgan fingerprint density at radius 1 is 1.12 bits per heavy atom. The first kappa shape index (κ1) is 16.7. The van der Waals surface area contributed by atoms with Crippen LogP contribution in [0.5, 0.6) is 0 Å². The van der Waals surface area contributed by atoms with Gasteiger partial charge in [0.1, 0.15) is 0 Å². The van der Waals surface area contributed by atoms with Crippen molar-refractivity contribution in [2.75, 3.05) is 0 Å². The minimum atomic E-state index is -0.133. The summed E-state index contributed by atoms with van der Waals surface area (Å²) < 4.78 is 0. The monoisotopic (exact) mass is 363 g/mol. The van der Waals surface area contributed by atoms with Gasteiger partial charge in [0.05, 0.1) is 29.0 Å². The topological polar surface area (TPSA) is 54.9 Å². The Hall–Kier alpha value is -2.72. The molecule has 3 aromatic rings. The minimum absolute atomic E-state index is 0.0205. The Morgan fingerprint density at radius 2 is 1.85 bits per heavy atom. The van der Waals surface area contributed by atoms with Crippen LogP contribution in [-0.2, 0) is 4.79 Å². The Morgan fingerprint density at radius 3 is 2.58 bits per heavy atom.